The molecule has 0 bridgehead atoms. The fraction of sp³-hybridized carbons (Fsp3) is 0.643. The highest BCUT2D eigenvalue weighted by molar-refractivity contribution is 5.54. The largest absolute Gasteiger partial charge is 0.490 e. The van der Waals surface area contributed by atoms with Crippen molar-refractivity contribution < 1.29 is 4.74 Å². The van der Waals surface area contributed by atoms with Crippen LogP contribution in [-0.2, 0) is 0 Å². The molecule has 0 atom stereocenters. The van der Waals surface area contributed by atoms with Crippen LogP contribution in [0.2, 0.25) is 0 Å². The summed E-state index contributed by atoms with van der Waals surface area (Å²) in [5.41, 5.74) is 0. The monoisotopic (exact) mass is 262 g/mol. The van der Waals surface area contributed by atoms with Gasteiger partial charge in [-0.1, -0.05) is 0 Å². The highest BCUT2D eigenvalue weighted by Gasteiger charge is 2.34. The third-order valence-electron chi connectivity index (χ3n) is 3.88. The van der Waals surface area contributed by atoms with Gasteiger partial charge in [0.15, 0.2) is 11.6 Å². The van der Waals surface area contributed by atoms with E-state index in [0.29, 0.717) is 12.6 Å². The van der Waals surface area contributed by atoms with Crippen molar-refractivity contribution >= 4 is 5.82 Å². The van der Waals surface area contributed by atoms with Gasteiger partial charge in [0.25, 0.3) is 0 Å². The van der Waals surface area contributed by atoms with Crippen molar-refractivity contribution in [2.75, 3.05) is 50.8 Å². The van der Waals surface area contributed by atoms with Crippen molar-refractivity contribution in [3.05, 3.63) is 18.3 Å². The number of hydrogen-bond donors (Lipinski definition) is 1. The highest BCUT2D eigenvalue weighted by Crippen LogP contribution is 2.30. The predicted molar refractivity (Wildman–Crippen MR) is 75.8 cm³/mol. The van der Waals surface area contributed by atoms with Gasteiger partial charge >= 0.3 is 0 Å². The van der Waals surface area contributed by atoms with Gasteiger partial charge in [0.2, 0.25) is 0 Å². The lowest BCUT2D eigenvalue weighted by Crippen LogP contribution is -2.63. The normalized spacial score (nSPS) is 21.2. The molecule has 3 heterocycles. The van der Waals surface area contributed by atoms with Crippen LogP contribution >= 0.6 is 0 Å². The lowest BCUT2D eigenvalue weighted by atomic mass is 10.1. The zero-order chi connectivity index (χ0) is 13.1. The fourth-order valence-electron chi connectivity index (χ4n) is 2.79. The minimum atomic E-state index is 0.679. The Labute approximate surface area is 114 Å². The van der Waals surface area contributed by atoms with Crippen LogP contribution in [0, 0.1) is 0 Å². The van der Waals surface area contributed by atoms with E-state index in [1.165, 1.54) is 13.1 Å². The van der Waals surface area contributed by atoms with Gasteiger partial charge < -0.3 is 15.0 Å². The van der Waals surface area contributed by atoms with E-state index < -0.39 is 0 Å². The number of anilines is 1. The van der Waals surface area contributed by atoms with Gasteiger partial charge in [-0.05, 0) is 19.1 Å². The molecule has 5 nitrogen and oxygen atoms in total. The second kappa shape index (κ2) is 5.75. The first-order valence-electron chi connectivity index (χ1n) is 7.16. The molecule has 2 fully saturated rings. The quantitative estimate of drug-likeness (QED) is 0.859. The van der Waals surface area contributed by atoms with E-state index in [-0.39, 0.29) is 0 Å². The average Bonchev–Trinajstić information content (AvgIpc) is 2.41. The first-order chi connectivity index (χ1) is 9.38. The molecular weight excluding hydrogens is 240 g/mol. The molecular formula is C14H22N4O. The Balaban J connectivity index is 1.60. The van der Waals surface area contributed by atoms with Crippen molar-refractivity contribution in [1.82, 2.24) is 15.2 Å². The molecule has 19 heavy (non-hydrogen) atoms. The minimum Gasteiger partial charge on any atom is -0.490 e. The molecule has 0 aliphatic carbocycles. The fourth-order valence-corrected chi connectivity index (χ4v) is 2.79. The maximum Gasteiger partial charge on any atom is 0.171 e. The molecule has 2 saturated heterocycles. The van der Waals surface area contributed by atoms with E-state index in [2.05, 4.69) is 20.1 Å². The summed E-state index contributed by atoms with van der Waals surface area (Å²) in [6.07, 6.45) is 1.84. The SMILES string of the molecule is CCOc1cccnc1N1CC(N2CCNCC2)C1. The van der Waals surface area contributed by atoms with Crippen LogP contribution in [0.3, 0.4) is 0 Å². The Morgan fingerprint density at radius 2 is 2.16 bits per heavy atom. The first kappa shape index (κ1) is 12.7. The molecule has 3 rings (SSSR count). The van der Waals surface area contributed by atoms with E-state index in [0.717, 1.165) is 37.7 Å². The molecule has 2 aliphatic rings. The van der Waals surface area contributed by atoms with Crippen LogP contribution < -0.4 is 15.0 Å². The molecule has 0 amide bonds. The second-order valence-electron chi connectivity index (χ2n) is 5.10. The Morgan fingerprint density at radius 3 is 2.89 bits per heavy atom. The van der Waals surface area contributed by atoms with Crippen molar-refractivity contribution in [3.8, 4) is 5.75 Å². The first-order valence-corrected chi connectivity index (χ1v) is 7.16. The molecule has 0 spiro atoms. The summed E-state index contributed by atoms with van der Waals surface area (Å²) in [5, 5.41) is 3.40. The number of aromatic nitrogens is 1. The number of piperazine rings is 1. The number of ether oxygens (including phenoxy) is 1. The third kappa shape index (κ3) is 2.67. The molecule has 5 heteroatoms. The predicted octanol–water partition coefficient (Wildman–Crippen LogP) is 0.574. The summed E-state index contributed by atoms with van der Waals surface area (Å²) in [4.78, 5) is 9.37. The summed E-state index contributed by atoms with van der Waals surface area (Å²) in [7, 11) is 0. The number of nitrogens with one attached hydrogen (secondary N) is 1. The summed E-state index contributed by atoms with van der Waals surface area (Å²) >= 11 is 0. The zero-order valence-electron chi connectivity index (χ0n) is 11.5. The van der Waals surface area contributed by atoms with E-state index in [1.807, 2.05) is 25.3 Å². The van der Waals surface area contributed by atoms with Gasteiger partial charge in [0, 0.05) is 51.5 Å². The third-order valence-corrected chi connectivity index (χ3v) is 3.88. The van der Waals surface area contributed by atoms with Crippen molar-refractivity contribution in [2.24, 2.45) is 0 Å². The Kier molecular flexibility index (Phi) is 3.84. The molecule has 104 valence electrons. The van der Waals surface area contributed by atoms with Crippen LogP contribution in [0.4, 0.5) is 5.82 Å². The van der Waals surface area contributed by atoms with Gasteiger partial charge in [0.1, 0.15) is 0 Å². The van der Waals surface area contributed by atoms with Gasteiger partial charge in [-0.3, -0.25) is 4.90 Å². The van der Waals surface area contributed by atoms with Crippen LogP contribution in [0.15, 0.2) is 18.3 Å². The summed E-state index contributed by atoms with van der Waals surface area (Å²) in [5.74, 6) is 1.90. The van der Waals surface area contributed by atoms with Crippen LogP contribution in [0.5, 0.6) is 5.75 Å². The van der Waals surface area contributed by atoms with Crippen molar-refractivity contribution in [2.45, 2.75) is 13.0 Å². The Bertz CT molecular complexity index is 414. The zero-order valence-corrected chi connectivity index (χ0v) is 11.5. The maximum atomic E-state index is 5.65. The van der Waals surface area contributed by atoms with Crippen molar-refractivity contribution in [1.29, 1.82) is 0 Å². The topological polar surface area (TPSA) is 40.6 Å². The molecule has 0 aromatic carbocycles. The molecule has 1 aromatic heterocycles. The van der Waals surface area contributed by atoms with Gasteiger partial charge in [-0.15, -0.1) is 0 Å². The molecule has 1 aromatic rings. The number of nitrogens with zero attached hydrogens (tertiary/aromatic N) is 3. The lowest BCUT2D eigenvalue weighted by Gasteiger charge is -2.47. The lowest BCUT2D eigenvalue weighted by molar-refractivity contribution is 0.146. The smallest absolute Gasteiger partial charge is 0.171 e. The van der Waals surface area contributed by atoms with E-state index in [1.54, 1.807) is 0 Å². The number of pyridine rings is 1. The Hall–Kier alpha value is -1.33. The van der Waals surface area contributed by atoms with Gasteiger partial charge in [-0.25, -0.2) is 4.98 Å². The van der Waals surface area contributed by atoms with Crippen molar-refractivity contribution in [3.63, 3.8) is 0 Å². The standard InChI is InChI=1S/C14H22N4O/c1-2-19-13-4-3-5-16-14(13)18-10-12(11-18)17-8-6-15-7-9-17/h3-5,12,15H,2,6-11H2,1H3. The highest BCUT2D eigenvalue weighted by atomic mass is 16.5. The van der Waals surface area contributed by atoms with Crippen LogP contribution in [-0.4, -0.2) is 61.8 Å². The molecule has 0 unspecified atom stereocenters. The minimum absolute atomic E-state index is 0.679. The molecule has 0 radical (unpaired) electrons. The average molecular weight is 262 g/mol. The molecule has 0 saturated carbocycles. The van der Waals surface area contributed by atoms with E-state index in [4.69, 9.17) is 4.74 Å². The Morgan fingerprint density at radius 1 is 1.37 bits per heavy atom. The van der Waals surface area contributed by atoms with Crippen LogP contribution in [0.25, 0.3) is 0 Å². The van der Waals surface area contributed by atoms with Gasteiger partial charge in [0.05, 0.1) is 6.61 Å². The molecule has 1 N–H and O–H groups in total. The van der Waals surface area contributed by atoms with E-state index in [9.17, 15) is 0 Å². The van der Waals surface area contributed by atoms with Gasteiger partial charge in [-0.2, -0.15) is 0 Å². The number of rotatable bonds is 4. The summed E-state index contributed by atoms with van der Waals surface area (Å²) < 4.78 is 5.65. The number of hydrogen-bond acceptors (Lipinski definition) is 5. The van der Waals surface area contributed by atoms with E-state index >= 15 is 0 Å². The summed E-state index contributed by atoms with van der Waals surface area (Å²) in [6, 6.07) is 4.62. The second-order valence-corrected chi connectivity index (χ2v) is 5.10. The molecule has 2 aliphatic heterocycles. The van der Waals surface area contributed by atoms with Crippen LogP contribution in [0.1, 0.15) is 6.92 Å². The maximum absolute atomic E-state index is 5.65. The summed E-state index contributed by atoms with van der Waals surface area (Å²) in [6.45, 7) is 9.39.